The third-order valence-corrected chi connectivity index (χ3v) is 5.31. The Bertz CT molecular complexity index is 952. The van der Waals surface area contributed by atoms with E-state index in [0.29, 0.717) is 44.5 Å². The maximum absolute atomic E-state index is 6.35. The Morgan fingerprint density at radius 1 is 1.27 bits per heavy atom. The van der Waals surface area contributed by atoms with Crippen molar-refractivity contribution < 1.29 is 4.52 Å². The first kappa shape index (κ1) is 17.6. The zero-order valence-corrected chi connectivity index (χ0v) is 16.2. The molecule has 0 amide bonds. The van der Waals surface area contributed by atoms with E-state index in [1.165, 1.54) is 12.8 Å². The zero-order valence-electron chi connectivity index (χ0n) is 14.7. The number of nitrogens with one attached hydrogen (secondary N) is 1. The number of rotatable bonds is 6. The van der Waals surface area contributed by atoms with Gasteiger partial charge in [0.05, 0.1) is 5.02 Å². The van der Waals surface area contributed by atoms with Gasteiger partial charge in [0.2, 0.25) is 5.58 Å². The summed E-state index contributed by atoms with van der Waals surface area (Å²) in [4.78, 5) is 9.09. The Kier molecular flexibility index (Phi) is 4.76. The average molecular weight is 391 g/mol. The molecule has 5 nitrogen and oxygen atoms in total. The highest BCUT2D eigenvalue weighted by atomic mass is 35.5. The highest BCUT2D eigenvalue weighted by molar-refractivity contribution is 6.36. The van der Waals surface area contributed by atoms with Gasteiger partial charge in [-0.3, -0.25) is 0 Å². The van der Waals surface area contributed by atoms with Crippen molar-refractivity contribution in [2.45, 2.75) is 45.6 Å². The number of anilines is 1. The van der Waals surface area contributed by atoms with E-state index in [1.54, 1.807) is 12.1 Å². The maximum Gasteiger partial charge on any atom is 0.228 e. The lowest BCUT2D eigenvalue weighted by Crippen LogP contribution is -2.20. The Hall–Kier alpha value is -1.85. The number of aryl methyl sites for hydroxylation is 1. The van der Waals surface area contributed by atoms with Gasteiger partial charge in [0.15, 0.2) is 5.82 Å². The number of hydrogen-bond donors (Lipinski definition) is 1. The molecular formula is C19H20Cl2N4O. The molecule has 1 N–H and O–H groups in total. The molecule has 2 aromatic heterocycles. The van der Waals surface area contributed by atoms with Crippen LogP contribution in [0.15, 0.2) is 22.7 Å². The predicted octanol–water partition coefficient (Wildman–Crippen LogP) is 5.89. The second-order valence-corrected chi connectivity index (χ2v) is 7.72. The number of benzene rings is 1. The summed E-state index contributed by atoms with van der Waals surface area (Å²) in [6.45, 7) is 4.05. The minimum Gasteiger partial charge on any atom is -0.364 e. The van der Waals surface area contributed by atoms with Crippen LogP contribution in [0.2, 0.25) is 10.0 Å². The molecule has 3 aromatic rings. The average Bonchev–Trinajstić information content (AvgIpc) is 3.32. The van der Waals surface area contributed by atoms with Crippen molar-refractivity contribution in [1.82, 2.24) is 15.1 Å². The van der Waals surface area contributed by atoms with Crippen LogP contribution in [0.4, 0.5) is 5.82 Å². The monoisotopic (exact) mass is 390 g/mol. The lowest BCUT2D eigenvalue weighted by Gasteiger charge is -2.17. The van der Waals surface area contributed by atoms with Crippen molar-refractivity contribution in [1.29, 1.82) is 0 Å². The Morgan fingerprint density at radius 3 is 2.77 bits per heavy atom. The van der Waals surface area contributed by atoms with Gasteiger partial charge >= 0.3 is 0 Å². The van der Waals surface area contributed by atoms with E-state index in [4.69, 9.17) is 27.7 Å². The molecule has 136 valence electrons. The molecule has 1 fully saturated rings. The van der Waals surface area contributed by atoms with Crippen molar-refractivity contribution in [3.8, 4) is 11.3 Å². The molecule has 1 atom stereocenters. The fraction of sp³-hybridized carbons (Fsp3) is 0.421. The molecule has 0 saturated heterocycles. The molecular weight excluding hydrogens is 371 g/mol. The van der Waals surface area contributed by atoms with E-state index in [0.717, 1.165) is 24.3 Å². The fourth-order valence-corrected chi connectivity index (χ4v) is 3.67. The molecule has 7 heteroatoms. The van der Waals surface area contributed by atoms with Gasteiger partial charge in [-0.25, -0.2) is 9.97 Å². The standard InChI is InChI=1S/C19H20Cl2N4O/c1-3-13(8-11-4-5-11)24-19-18-17(22-10(2)23-19)16(25-26-18)14-7-6-12(20)9-15(14)21/h6-7,9,11,13H,3-5,8H2,1-2H3,(H,22,23,24). The minimum atomic E-state index is 0.368. The summed E-state index contributed by atoms with van der Waals surface area (Å²) in [5.41, 5.74) is 2.56. The van der Waals surface area contributed by atoms with E-state index in [9.17, 15) is 0 Å². The molecule has 0 spiro atoms. The van der Waals surface area contributed by atoms with Gasteiger partial charge in [-0.15, -0.1) is 0 Å². The predicted molar refractivity (Wildman–Crippen MR) is 105 cm³/mol. The number of hydrogen-bond acceptors (Lipinski definition) is 5. The SMILES string of the molecule is CCC(CC1CC1)Nc1nc(C)nc2c(-c3ccc(Cl)cc3Cl)noc12. The molecule has 0 radical (unpaired) electrons. The van der Waals surface area contributed by atoms with Gasteiger partial charge in [0.1, 0.15) is 17.0 Å². The number of fused-ring (bicyclic) bond motifs is 1. The topological polar surface area (TPSA) is 63.8 Å². The summed E-state index contributed by atoms with van der Waals surface area (Å²) >= 11 is 12.3. The van der Waals surface area contributed by atoms with E-state index in [-0.39, 0.29) is 0 Å². The first-order valence-corrected chi connectivity index (χ1v) is 9.66. The Balaban J connectivity index is 1.75. The highest BCUT2D eigenvalue weighted by Crippen LogP contribution is 2.37. The van der Waals surface area contributed by atoms with Gasteiger partial charge in [0, 0.05) is 16.6 Å². The van der Waals surface area contributed by atoms with Crippen LogP contribution in [0.5, 0.6) is 0 Å². The van der Waals surface area contributed by atoms with Crippen LogP contribution in [0.1, 0.15) is 38.4 Å². The van der Waals surface area contributed by atoms with E-state index >= 15 is 0 Å². The van der Waals surface area contributed by atoms with Gasteiger partial charge in [-0.2, -0.15) is 0 Å². The second kappa shape index (κ2) is 7.05. The normalized spacial score (nSPS) is 15.4. The van der Waals surface area contributed by atoms with Crippen LogP contribution in [0, 0.1) is 12.8 Å². The first-order chi connectivity index (χ1) is 12.5. The van der Waals surface area contributed by atoms with E-state index in [2.05, 4.69) is 27.4 Å². The lowest BCUT2D eigenvalue weighted by atomic mass is 10.1. The van der Waals surface area contributed by atoms with Crippen LogP contribution in [0.25, 0.3) is 22.4 Å². The maximum atomic E-state index is 6.35. The molecule has 1 aromatic carbocycles. The summed E-state index contributed by atoms with van der Waals surface area (Å²) < 4.78 is 5.61. The Morgan fingerprint density at radius 2 is 2.08 bits per heavy atom. The van der Waals surface area contributed by atoms with Crippen LogP contribution >= 0.6 is 23.2 Å². The molecule has 2 heterocycles. The molecule has 1 unspecified atom stereocenters. The molecule has 26 heavy (non-hydrogen) atoms. The third-order valence-electron chi connectivity index (χ3n) is 4.76. The van der Waals surface area contributed by atoms with Crippen LogP contribution in [-0.4, -0.2) is 21.2 Å². The lowest BCUT2D eigenvalue weighted by molar-refractivity contribution is 0.458. The van der Waals surface area contributed by atoms with Crippen LogP contribution in [-0.2, 0) is 0 Å². The summed E-state index contributed by atoms with van der Waals surface area (Å²) in [5.74, 6) is 2.20. The van der Waals surface area contributed by atoms with E-state index in [1.807, 2.05) is 13.0 Å². The van der Waals surface area contributed by atoms with Crippen molar-refractivity contribution in [2.24, 2.45) is 5.92 Å². The van der Waals surface area contributed by atoms with Crippen molar-refractivity contribution in [3.63, 3.8) is 0 Å². The molecule has 0 aliphatic heterocycles. The number of aromatic nitrogens is 3. The third kappa shape index (κ3) is 3.51. The summed E-state index contributed by atoms with van der Waals surface area (Å²) in [7, 11) is 0. The summed E-state index contributed by atoms with van der Waals surface area (Å²) in [6.07, 6.45) is 4.85. The number of nitrogens with zero attached hydrogens (tertiary/aromatic N) is 3. The fourth-order valence-electron chi connectivity index (χ4n) is 3.18. The largest absolute Gasteiger partial charge is 0.364 e. The van der Waals surface area contributed by atoms with Crippen molar-refractivity contribution in [3.05, 3.63) is 34.1 Å². The van der Waals surface area contributed by atoms with Gasteiger partial charge in [-0.1, -0.05) is 48.1 Å². The summed E-state index contributed by atoms with van der Waals surface area (Å²) in [5, 5.41) is 8.84. The molecule has 1 saturated carbocycles. The molecule has 1 aliphatic rings. The van der Waals surface area contributed by atoms with Crippen molar-refractivity contribution >= 4 is 40.1 Å². The van der Waals surface area contributed by atoms with E-state index < -0.39 is 0 Å². The quantitative estimate of drug-likeness (QED) is 0.568. The molecule has 0 bridgehead atoms. The van der Waals surface area contributed by atoms with Crippen LogP contribution in [0.3, 0.4) is 0 Å². The van der Waals surface area contributed by atoms with Crippen molar-refractivity contribution in [2.75, 3.05) is 5.32 Å². The minimum absolute atomic E-state index is 0.368. The highest BCUT2D eigenvalue weighted by Gasteiger charge is 2.26. The summed E-state index contributed by atoms with van der Waals surface area (Å²) in [6, 6.07) is 5.66. The second-order valence-electron chi connectivity index (χ2n) is 6.88. The first-order valence-electron chi connectivity index (χ1n) is 8.91. The molecule has 4 rings (SSSR count). The smallest absolute Gasteiger partial charge is 0.228 e. The van der Waals surface area contributed by atoms with Crippen LogP contribution < -0.4 is 5.32 Å². The van der Waals surface area contributed by atoms with Gasteiger partial charge < -0.3 is 9.84 Å². The van der Waals surface area contributed by atoms with Gasteiger partial charge in [0.25, 0.3) is 0 Å². The molecule has 1 aliphatic carbocycles. The zero-order chi connectivity index (χ0) is 18.3. The Labute approximate surface area is 162 Å². The number of halogens is 2. The van der Waals surface area contributed by atoms with Gasteiger partial charge in [-0.05, 0) is 43.9 Å².